The molecule has 19 heavy (non-hydrogen) atoms. The molecule has 2 fully saturated rings. The van der Waals surface area contributed by atoms with Gasteiger partial charge in [0, 0.05) is 5.92 Å². The van der Waals surface area contributed by atoms with Crippen molar-refractivity contribution in [1.29, 1.82) is 5.26 Å². The number of hydrogen-bond acceptors (Lipinski definition) is 3. The van der Waals surface area contributed by atoms with Crippen LogP contribution in [0.1, 0.15) is 41.6 Å². The molecule has 3 nitrogen and oxygen atoms in total. The fourth-order valence-corrected chi connectivity index (χ4v) is 3.10. The van der Waals surface area contributed by atoms with Crippen LogP contribution in [-0.2, 0) is 4.74 Å². The third kappa shape index (κ3) is 2.15. The third-order valence-corrected chi connectivity index (χ3v) is 4.05. The quantitative estimate of drug-likeness (QED) is 0.767. The van der Waals surface area contributed by atoms with Gasteiger partial charge in [-0.25, -0.2) is 4.39 Å². The molecule has 98 valence electrons. The van der Waals surface area contributed by atoms with Crippen LogP contribution in [0.2, 0.25) is 0 Å². The Morgan fingerprint density at radius 1 is 1.32 bits per heavy atom. The van der Waals surface area contributed by atoms with Crippen molar-refractivity contribution in [1.82, 2.24) is 0 Å². The van der Waals surface area contributed by atoms with Gasteiger partial charge in [-0.15, -0.1) is 0 Å². The number of nitriles is 1. The number of hydrogen-bond donors (Lipinski definition) is 0. The van der Waals surface area contributed by atoms with Crippen LogP contribution in [0.5, 0.6) is 0 Å². The lowest BCUT2D eigenvalue weighted by molar-refractivity contribution is -0.0149. The van der Waals surface area contributed by atoms with Gasteiger partial charge in [-0.05, 0) is 37.8 Å². The lowest BCUT2D eigenvalue weighted by atomic mass is 9.87. The summed E-state index contributed by atoms with van der Waals surface area (Å²) < 4.78 is 19.7. The summed E-state index contributed by atoms with van der Waals surface area (Å²) in [5.74, 6) is -1.04. The maximum atomic E-state index is 14.0. The van der Waals surface area contributed by atoms with E-state index in [4.69, 9.17) is 10.00 Å². The van der Waals surface area contributed by atoms with Crippen LogP contribution in [0, 0.1) is 23.1 Å². The van der Waals surface area contributed by atoms with Crippen LogP contribution in [0.15, 0.2) is 18.2 Å². The van der Waals surface area contributed by atoms with E-state index in [1.165, 1.54) is 12.1 Å². The summed E-state index contributed by atoms with van der Waals surface area (Å²) in [5, 5.41) is 8.81. The molecule has 1 aromatic carbocycles. The maximum absolute atomic E-state index is 14.0. The predicted molar refractivity (Wildman–Crippen MR) is 66.1 cm³/mol. The Morgan fingerprint density at radius 2 is 2.00 bits per heavy atom. The minimum Gasteiger partial charge on any atom is -0.375 e. The highest BCUT2D eigenvalue weighted by Gasteiger charge is 2.38. The highest BCUT2D eigenvalue weighted by Crippen LogP contribution is 2.37. The van der Waals surface area contributed by atoms with Crippen molar-refractivity contribution in [3.63, 3.8) is 0 Å². The van der Waals surface area contributed by atoms with Crippen molar-refractivity contribution in [2.75, 3.05) is 0 Å². The number of benzene rings is 1. The third-order valence-electron chi connectivity index (χ3n) is 4.05. The van der Waals surface area contributed by atoms with E-state index >= 15 is 0 Å². The first-order valence-electron chi connectivity index (χ1n) is 6.57. The molecule has 2 atom stereocenters. The van der Waals surface area contributed by atoms with Gasteiger partial charge in [-0.1, -0.05) is 6.07 Å². The number of Topliss-reactive ketones (excluding diaryl/α,β-unsaturated/α-hetero) is 1. The molecule has 2 bridgehead atoms. The molecule has 4 heteroatoms. The average Bonchev–Trinajstić information content (AvgIpc) is 2.77. The summed E-state index contributed by atoms with van der Waals surface area (Å²) in [6, 6.07) is 6.19. The number of carbonyl (C=O) groups is 1. The van der Waals surface area contributed by atoms with Gasteiger partial charge in [0.05, 0.1) is 23.3 Å². The van der Waals surface area contributed by atoms with Crippen molar-refractivity contribution in [3.05, 3.63) is 35.1 Å². The summed E-state index contributed by atoms with van der Waals surface area (Å²) in [5.41, 5.74) is -0.0220. The number of nitrogens with zero attached hydrogens (tertiary/aromatic N) is 1. The Bertz CT molecular complexity index is 552. The van der Waals surface area contributed by atoms with E-state index in [1.807, 2.05) is 0 Å². The smallest absolute Gasteiger partial charge is 0.169 e. The monoisotopic (exact) mass is 259 g/mol. The Hall–Kier alpha value is -1.73. The van der Waals surface area contributed by atoms with Gasteiger partial charge in [0.2, 0.25) is 0 Å². The van der Waals surface area contributed by atoms with Gasteiger partial charge in [-0.2, -0.15) is 5.26 Å². The van der Waals surface area contributed by atoms with Crippen LogP contribution in [-0.4, -0.2) is 18.0 Å². The van der Waals surface area contributed by atoms with E-state index in [2.05, 4.69) is 0 Å². The van der Waals surface area contributed by atoms with Crippen LogP contribution >= 0.6 is 0 Å². The van der Waals surface area contributed by atoms with E-state index in [9.17, 15) is 9.18 Å². The normalized spacial score (nSPS) is 28.9. The standard InChI is InChI=1S/C15H14FNO2/c16-14-9(8-17)2-1-3-13(14)15(18)10-6-11-4-5-12(7-10)19-11/h1-3,10-12H,4-7H2. The Balaban J connectivity index is 1.87. The van der Waals surface area contributed by atoms with Gasteiger partial charge in [-0.3, -0.25) is 4.79 Å². The SMILES string of the molecule is N#Cc1cccc(C(=O)C2CC3CCC(C2)O3)c1F. The summed E-state index contributed by atoms with van der Waals surface area (Å²) >= 11 is 0. The van der Waals surface area contributed by atoms with E-state index < -0.39 is 5.82 Å². The van der Waals surface area contributed by atoms with E-state index in [1.54, 1.807) is 12.1 Å². The Kier molecular flexibility index (Phi) is 3.08. The number of ether oxygens (including phenoxy) is 1. The molecule has 0 N–H and O–H groups in total. The van der Waals surface area contributed by atoms with Crippen LogP contribution < -0.4 is 0 Å². The minimum absolute atomic E-state index is 0.0466. The topological polar surface area (TPSA) is 50.1 Å². The molecule has 0 spiro atoms. The molecule has 2 aliphatic heterocycles. The minimum atomic E-state index is -0.686. The van der Waals surface area contributed by atoms with Gasteiger partial charge < -0.3 is 4.74 Å². The molecule has 2 unspecified atom stereocenters. The lowest BCUT2D eigenvalue weighted by Gasteiger charge is -2.27. The first-order chi connectivity index (χ1) is 9.19. The summed E-state index contributed by atoms with van der Waals surface area (Å²) in [4.78, 5) is 12.4. The molecule has 2 heterocycles. The second kappa shape index (κ2) is 4.75. The number of ketones is 1. The summed E-state index contributed by atoms with van der Waals surface area (Å²) in [6.07, 6.45) is 3.63. The van der Waals surface area contributed by atoms with Gasteiger partial charge in [0.25, 0.3) is 0 Å². The van der Waals surface area contributed by atoms with Crippen molar-refractivity contribution in [3.8, 4) is 6.07 Å². The molecule has 0 radical (unpaired) electrons. The largest absolute Gasteiger partial charge is 0.375 e. The van der Waals surface area contributed by atoms with E-state index in [-0.39, 0.29) is 35.0 Å². The number of fused-ring (bicyclic) bond motifs is 2. The summed E-state index contributed by atoms with van der Waals surface area (Å²) in [7, 11) is 0. The van der Waals surface area contributed by atoms with Crippen LogP contribution in [0.4, 0.5) is 4.39 Å². The predicted octanol–water partition coefficient (Wildman–Crippen LogP) is 2.84. The molecule has 0 aromatic heterocycles. The Labute approximate surface area is 111 Å². The zero-order chi connectivity index (χ0) is 13.4. The molecule has 1 aromatic rings. The molecule has 0 saturated carbocycles. The summed E-state index contributed by atoms with van der Waals surface area (Å²) in [6.45, 7) is 0. The van der Waals surface area contributed by atoms with Crippen molar-refractivity contribution < 1.29 is 13.9 Å². The zero-order valence-corrected chi connectivity index (χ0v) is 10.4. The average molecular weight is 259 g/mol. The Morgan fingerprint density at radius 3 is 2.63 bits per heavy atom. The van der Waals surface area contributed by atoms with Gasteiger partial charge >= 0.3 is 0 Å². The molecule has 0 aliphatic carbocycles. The molecular weight excluding hydrogens is 245 g/mol. The second-order valence-corrected chi connectivity index (χ2v) is 5.27. The zero-order valence-electron chi connectivity index (χ0n) is 10.4. The highest BCUT2D eigenvalue weighted by atomic mass is 19.1. The second-order valence-electron chi connectivity index (χ2n) is 5.27. The fourth-order valence-electron chi connectivity index (χ4n) is 3.10. The molecule has 2 aliphatic rings. The van der Waals surface area contributed by atoms with Gasteiger partial charge in [0.1, 0.15) is 6.07 Å². The van der Waals surface area contributed by atoms with Crippen molar-refractivity contribution >= 4 is 5.78 Å². The lowest BCUT2D eigenvalue weighted by Crippen LogP contribution is -2.30. The number of rotatable bonds is 2. The number of halogens is 1. The van der Waals surface area contributed by atoms with Crippen LogP contribution in [0.3, 0.4) is 0 Å². The molecular formula is C15H14FNO2. The van der Waals surface area contributed by atoms with E-state index in [0.717, 1.165) is 12.8 Å². The first-order valence-corrected chi connectivity index (χ1v) is 6.57. The number of carbonyl (C=O) groups excluding carboxylic acids is 1. The molecule has 2 saturated heterocycles. The molecule has 0 amide bonds. The fraction of sp³-hybridized carbons (Fsp3) is 0.467. The van der Waals surface area contributed by atoms with E-state index in [0.29, 0.717) is 12.8 Å². The van der Waals surface area contributed by atoms with Crippen molar-refractivity contribution in [2.24, 2.45) is 5.92 Å². The highest BCUT2D eigenvalue weighted by molar-refractivity contribution is 5.98. The molecule has 3 rings (SSSR count). The van der Waals surface area contributed by atoms with Gasteiger partial charge in [0.15, 0.2) is 11.6 Å². The first kappa shape index (κ1) is 12.3. The maximum Gasteiger partial charge on any atom is 0.169 e. The van der Waals surface area contributed by atoms with Crippen molar-refractivity contribution in [2.45, 2.75) is 37.9 Å². The van der Waals surface area contributed by atoms with Crippen LogP contribution in [0.25, 0.3) is 0 Å².